The van der Waals surface area contributed by atoms with Gasteiger partial charge in [-0.2, -0.15) is 36.5 Å². The third kappa shape index (κ3) is 7.20. The summed E-state index contributed by atoms with van der Waals surface area (Å²) >= 11 is 0. The maximum Gasteiger partial charge on any atom is 0.432 e. The summed E-state index contributed by atoms with van der Waals surface area (Å²) in [4.78, 5) is 8.14. The van der Waals surface area contributed by atoms with Crippen molar-refractivity contribution in [3.05, 3.63) is 71.3 Å². The number of aromatic amines is 2. The lowest BCUT2D eigenvalue weighted by molar-refractivity contribution is -0.142. The molecule has 0 aromatic carbocycles. The van der Waals surface area contributed by atoms with Crippen molar-refractivity contribution in [3.63, 3.8) is 0 Å². The second-order valence-electron chi connectivity index (χ2n) is 10.7. The Hall–Kier alpha value is -3.70. The Morgan fingerprint density at radius 1 is 0.526 bits per heavy atom. The molecular formula is C26H28F6N6. The summed E-state index contributed by atoms with van der Waals surface area (Å²) in [5, 5.41) is 11.3. The number of alkyl halides is 6. The number of H-pyrrole nitrogens is 2. The smallest absolute Gasteiger partial charge is 0.273 e. The van der Waals surface area contributed by atoms with Crippen LogP contribution in [0.3, 0.4) is 0 Å². The van der Waals surface area contributed by atoms with Gasteiger partial charge in [0.25, 0.3) is 0 Å². The zero-order chi connectivity index (χ0) is 28.5. The molecule has 0 saturated carbocycles. The van der Waals surface area contributed by atoms with E-state index in [9.17, 15) is 26.3 Å². The van der Waals surface area contributed by atoms with Gasteiger partial charge < -0.3 is 0 Å². The van der Waals surface area contributed by atoms with E-state index < -0.39 is 23.7 Å². The molecule has 0 saturated heterocycles. The van der Waals surface area contributed by atoms with Crippen molar-refractivity contribution in [2.24, 2.45) is 0 Å². The van der Waals surface area contributed by atoms with Crippen molar-refractivity contribution >= 4 is 0 Å². The molecular weight excluding hydrogens is 510 g/mol. The number of hydrogen-bond acceptors (Lipinski definition) is 4. The Labute approximate surface area is 215 Å². The summed E-state index contributed by atoms with van der Waals surface area (Å²) in [5.74, 6) is 0. The molecule has 0 aliphatic carbocycles. The topological polar surface area (TPSA) is 83.1 Å². The quantitative estimate of drug-likeness (QED) is 0.258. The Bertz CT molecular complexity index is 1260. The normalized spacial score (nSPS) is 12.7. The van der Waals surface area contributed by atoms with Gasteiger partial charge in [-0.3, -0.25) is 20.2 Å². The molecule has 2 N–H and O–H groups in total. The Morgan fingerprint density at radius 2 is 0.868 bits per heavy atom. The number of nitrogens with one attached hydrogen (secondary N) is 2. The van der Waals surface area contributed by atoms with Gasteiger partial charge in [0.1, 0.15) is 22.8 Å². The van der Waals surface area contributed by atoms with E-state index in [-0.39, 0.29) is 22.2 Å². The molecule has 0 amide bonds. The molecule has 4 aromatic rings. The number of nitrogens with zero attached hydrogens (tertiary/aromatic N) is 4. The molecule has 0 aliphatic rings. The van der Waals surface area contributed by atoms with Gasteiger partial charge in [0.2, 0.25) is 0 Å². The molecule has 4 aromatic heterocycles. The highest BCUT2D eigenvalue weighted by molar-refractivity contribution is 5.56. The highest BCUT2D eigenvalue weighted by atomic mass is 19.4. The van der Waals surface area contributed by atoms with Gasteiger partial charge in [0.05, 0.1) is 11.4 Å². The van der Waals surface area contributed by atoms with Crippen LogP contribution in [0.1, 0.15) is 64.1 Å². The van der Waals surface area contributed by atoms with Crippen LogP contribution in [0.4, 0.5) is 26.3 Å². The standard InChI is InChI=1S/2C13H14F3N3/c2*1-12(2,3)8-4-5-17-9(6-8)10-7-11(19-18-10)13(14,15)16/h2*4-7H,1-3H3,(H,18,19). The fourth-order valence-corrected chi connectivity index (χ4v) is 3.27. The minimum absolute atomic E-state index is 0.0964. The number of aromatic nitrogens is 6. The van der Waals surface area contributed by atoms with E-state index >= 15 is 0 Å². The molecule has 0 bridgehead atoms. The molecule has 6 nitrogen and oxygen atoms in total. The second kappa shape index (κ2) is 10.2. The zero-order valence-electron chi connectivity index (χ0n) is 21.7. The third-order valence-corrected chi connectivity index (χ3v) is 5.54. The van der Waals surface area contributed by atoms with Crippen LogP contribution in [-0.4, -0.2) is 30.4 Å². The summed E-state index contributed by atoms with van der Waals surface area (Å²) in [6.45, 7) is 12.2. The van der Waals surface area contributed by atoms with Gasteiger partial charge in [-0.05, 0) is 58.4 Å². The highest BCUT2D eigenvalue weighted by Crippen LogP contribution is 2.32. The Morgan fingerprint density at radius 3 is 1.13 bits per heavy atom. The molecule has 204 valence electrons. The van der Waals surface area contributed by atoms with E-state index in [0.717, 1.165) is 23.3 Å². The van der Waals surface area contributed by atoms with Gasteiger partial charge in [-0.25, -0.2) is 0 Å². The van der Waals surface area contributed by atoms with Crippen LogP contribution in [0.25, 0.3) is 22.8 Å². The predicted octanol–water partition coefficient (Wildman–Crippen LogP) is 7.58. The number of rotatable bonds is 2. The lowest BCUT2D eigenvalue weighted by Crippen LogP contribution is -2.11. The first-order chi connectivity index (χ1) is 17.4. The summed E-state index contributed by atoms with van der Waals surface area (Å²) in [6, 6.07) is 9.15. The average Bonchev–Trinajstić information content (AvgIpc) is 3.49. The van der Waals surface area contributed by atoms with E-state index in [4.69, 9.17) is 0 Å². The largest absolute Gasteiger partial charge is 0.432 e. The lowest BCUT2D eigenvalue weighted by Gasteiger charge is -2.18. The van der Waals surface area contributed by atoms with E-state index in [1.54, 1.807) is 24.5 Å². The van der Waals surface area contributed by atoms with Crippen molar-refractivity contribution < 1.29 is 26.3 Å². The first kappa shape index (κ1) is 28.9. The van der Waals surface area contributed by atoms with Crippen molar-refractivity contribution in [2.45, 2.75) is 64.7 Å². The van der Waals surface area contributed by atoms with E-state index in [1.165, 1.54) is 0 Å². The van der Waals surface area contributed by atoms with Gasteiger partial charge in [0.15, 0.2) is 0 Å². The monoisotopic (exact) mass is 538 g/mol. The maximum absolute atomic E-state index is 12.5. The second-order valence-corrected chi connectivity index (χ2v) is 10.7. The summed E-state index contributed by atoms with van der Waals surface area (Å²) in [7, 11) is 0. The van der Waals surface area contributed by atoms with E-state index in [2.05, 4.69) is 20.2 Å². The summed E-state index contributed by atoms with van der Waals surface area (Å²) in [6.07, 6.45) is -5.69. The van der Waals surface area contributed by atoms with Crippen LogP contribution in [0, 0.1) is 0 Å². The molecule has 0 unspecified atom stereocenters. The van der Waals surface area contributed by atoms with Crippen molar-refractivity contribution in [3.8, 4) is 22.8 Å². The first-order valence-electron chi connectivity index (χ1n) is 11.5. The molecule has 0 atom stereocenters. The minimum atomic E-state index is -4.42. The van der Waals surface area contributed by atoms with Crippen LogP contribution in [0.15, 0.2) is 48.8 Å². The predicted molar refractivity (Wildman–Crippen MR) is 131 cm³/mol. The molecule has 4 rings (SSSR count). The zero-order valence-corrected chi connectivity index (χ0v) is 21.7. The number of halogens is 6. The van der Waals surface area contributed by atoms with Crippen molar-refractivity contribution in [1.82, 2.24) is 30.4 Å². The Balaban J connectivity index is 0.000000211. The number of hydrogen-bond donors (Lipinski definition) is 2. The van der Waals surface area contributed by atoms with Crippen LogP contribution in [0.5, 0.6) is 0 Å². The average molecular weight is 539 g/mol. The van der Waals surface area contributed by atoms with Gasteiger partial charge in [0, 0.05) is 12.4 Å². The van der Waals surface area contributed by atoms with Gasteiger partial charge >= 0.3 is 12.4 Å². The number of pyridine rings is 2. The highest BCUT2D eigenvalue weighted by Gasteiger charge is 2.34. The van der Waals surface area contributed by atoms with E-state index in [0.29, 0.717) is 11.4 Å². The molecule has 0 spiro atoms. The van der Waals surface area contributed by atoms with Gasteiger partial charge in [-0.15, -0.1) is 0 Å². The molecule has 0 radical (unpaired) electrons. The van der Waals surface area contributed by atoms with Crippen LogP contribution < -0.4 is 0 Å². The molecule has 4 heterocycles. The van der Waals surface area contributed by atoms with Crippen molar-refractivity contribution in [2.75, 3.05) is 0 Å². The third-order valence-electron chi connectivity index (χ3n) is 5.54. The maximum atomic E-state index is 12.5. The SMILES string of the molecule is CC(C)(C)c1ccnc(-c2cc(C(F)(F)F)[nH]n2)c1.CC(C)(C)c1ccnc(-c2cc(C(F)(F)F)[nH]n2)c1. The van der Waals surface area contributed by atoms with E-state index in [1.807, 2.05) is 63.9 Å². The van der Waals surface area contributed by atoms with Gasteiger partial charge in [-0.1, -0.05) is 41.5 Å². The minimum Gasteiger partial charge on any atom is -0.273 e. The molecule has 12 heteroatoms. The molecule has 0 fully saturated rings. The fraction of sp³-hybridized carbons (Fsp3) is 0.385. The Kier molecular flexibility index (Phi) is 7.76. The van der Waals surface area contributed by atoms with Crippen LogP contribution >= 0.6 is 0 Å². The first-order valence-corrected chi connectivity index (χ1v) is 11.5. The van der Waals surface area contributed by atoms with Crippen LogP contribution in [-0.2, 0) is 23.2 Å². The van der Waals surface area contributed by atoms with Crippen molar-refractivity contribution in [1.29, 1.82) is 0 Å². The summed E-state index contributed by atoms with van der Waals surface area (Å²) in [5.41, 5.74) is 1.30. The molecule has 38 heavy (non-hydrogen) atoms. The lowest BCUT2D eigenvalue weighted by atomic mass is 9.87. The summed E-state index contributed by atoms with van der Waals surface area (Å²) < 4.78 is 75.0. The molecule has 0 aliphatic heterocycles. The fourth-order valence-electron chi connectivity index (χ4n) is 3.27. The van der Waals surface area contributed by atoms with Crippen LogP contribution in [0.2, 0.25) is 0 Å².